The van der Waals surface area contributed by atoms with E-state index in [0.29, 0.717) is 31.2 Å². The Bertz CT molecular complexity index is 989. The van der Waals surface area contributed by atoms with Crippen LogP contribution in [0, 0.1) is 17.7 Å². The van der Waals surface area contributed by atoms with Crippen molar-refractivity contribution >= 4 is 17.4 Å². The Morgan fingerprint density at radius 1 is 0.879 bits per heavy atom. The van der Waals surface area contributed by atoms with Crippen molar-refractivity contribution in [2.45, 2.75) is 57.3 Å². The Morgan fingerprint density at radius 3 is 2.12 bits per heavy atom. The zero-order chi connectivity index (χ0) is 24.4. The van der Waals surface area contributed by atoms with Crippen LogP contribution in [0.1, 0.15) is 65.6 Å². The van der Waals surface area contributed by atoms with Gasteiger partial charge in [0.25, 0.3) is 0 Å². The quantitative estimate of drug-likeness (QED) is 0.290. The minimum atomic E-state index is -4.74. The first-order chi connectivity index (χ1) is 15.3. The molecule has 9 heteroatoms. The standard InChI is InChI=1S/C24H22ClF7O/c25-20-9-8-17(23(27,28)29)13-18(20)22(33)12-16-5-2-14(3-6-16)1-4-15-7-10-21(26)19(11-15)24(30,31)32/h7-11,13-14,16H,1-6,12H2. The van der Waals surface area contributed by atoms with Crippen LogP contribution < -0.4 is 0 Å². The molecule has 0 unspecified atom stereocenters. The molecule has 1 aliphatic rings. The number of halogens is 8. The first-order valence-corrected chi connectivity index (χ1v) is 11.0. The largest absolute Gasteiger partial charge is 0.419 e. The average molecular weight is 495 g/mol. The number of carbonyl (C=O) groups is 1. The van der Waals surface area contributed by atoms with Crippen molar-refractivity contribution in [3.8, 4) is 0 Å². The van der Waals surface area contributed by atoms with Crippen molar-refractivity contribution in [1.82, 2.24) is 0 Å². The van der Waals surface area contributed by atoms with Crippen LogP contribution >= 0.6 is 11.6 Å². The molecule has 1 nitrogen and oxygen atoms in total. The summed E-state index contributed by atoms with van der Waals surface area (Å²) in [4.78, 5) is 12.6. The topological polar surface area (TPSA) is 17.1 Å². The zero-order valence-corrected chi connectivity index (χ0v) is 18.3. The van der Waals surface area contributed by atoms with Crippen LogP contribution in [0.4, 0.5) is 30.7 Å². The van der Waals surface area contributed by atoms with Crippen LogP contribution in [-0.2, 0) is 18.8 Å². The van der Waals surface area contributed by atoms with E-state index in [9.17, 15) is 35.5 Å². The summed E-state index contributed by atoms with van der Waals surface area (Å²) in [6.07, 6.45) is -5.25. The average Bonchev–Trinajstić information content (AvgIpc) is 2.72. The molecule has 1 aliphatic carbocycles. The van der Waals surface area contributed by atoms with E-state index in [-0.39, 0.29) is 28.8 Å². The second kappa shape index (κ2) is 10.0. The van der Waals surface area contributed by atoms with Crippen LogP contribution in [0.15, 0.2) is 36.4 Å². The molecule has 0 aliphatic heterocycles. The molecule has 0 aromatic heterocycles. The van der Waals surface area contributed by atoms with Gasteiger partial charge in [-0.3, -0.25) is 4.79 Å². The smallest absolute Gasteiger partial charge is 0.294 e. The van der Waals surface area contributed by atoms with E-state index in [1.165, 1.54) is 6.07 Å². The van der Waals surface area contributed by atoms with Gasteiger partial charge in [0, 0.05) is 12.0 Å². The van der Waals surface area contributed by atoms with Crippen molar-refractivity contribution in [3.63, 3.8) is 0 Å². The molecule has 2 aromatic rings. The predicted molar refractivity (Wildman–Crippen MR) is 111 cm³/mol. The molecular formula is C24H22ClF7O. The third-order valence-electron chi connectivity index (χ3n) is 6.21. The van der Waals surface area contributed by atoms with E-state index in [4.69, 9.17) is 11.6 Å². The zero-order valence-electron chi connectivity index (χ0n) is 17.5. The second-order valence-electron chi connectivity index (χ2n) is 8.56. The molecule has 180 valence electrons. The van der Waals surface area contributed by atoms with E-state index >= 15 is 0 Å². The maximum atomic E-state index is 13.4. The molecule has 33 heavy (non-hydrogen) atoms. The number of aryl methyl sites for hydroxylation is 1. The Morgan fingerprint density at radius 2 is 1.52 bits per heavy atom. The van der Waals surface area contributed by atoms with E-state index in [0.717, 1.165) is 43.2 Å². The van der Waals surface area contributed by atoms with Gasteiger partial charge in [-0.05, 0) is 73.4 Å². The maximum absolute atomic E-state index is 13.4. The van der Waals surface area contributed by atoms with Crippen molar-refractivity contribution < 1.29 is 35.5 Å². The first kappa shape index (κ1) is 25.5. The highest BCUT2D eigenvalue weighted by atomic mass is 35.5. The van der Waals surface area contributed by atoms with Crippen LogP contribution in [0.25, 0.3) is 0 Å². The van der Waals surface area contributed by atoms with Crippen molar-refractivity contribution in [2.75, 3.05) is 0 Å². The van der Waals surface area contributed by atoms with E-state index in [2.05, 4.69) is 0 Å². The van der Waals surface area contributed by atoms with E-state index < -0.39 is 35.1 Å². The highest BCUT2D eigenvalue weighted by Crippen LogP contribution is 2.37. The van der Waals surface area contributed by atoms with Gasteiger partial charge < -0.3 is 0 Å². The molecule has 1 fully saturated rings. The molecule has 0 amide bonds. The summed E-state index contributed by atoms with van der Waals surface area (Å²) < 4.78 is 90.8. The maximum Gasteiger partial charge on any atom is 0.419 e. The molecule has 0 N–H and O–H groups in total. The fourth-order valence-corrected chi connectivity index (χ4v) is 4.55. The summed E-state index contributed by atoms with van der Waals surface area (Å²) >= 11 is 5.95. The summed E-state index contributed by atoms with van der Waals surface area (Å²) in [6, 6.07) is 5.73. The van der Waals surface area contributed by atoms with E-state index in [1.54, 1.807) is 0 Å². The number of hydrogen-bond donors (Lipinski definition) is 0. The lowest BCUT2D eigenvalue weighted by Crippen LogP contribution is -2.18. The number of ketones is 1. The molecule has 0 spiro atoms. The number of carbonyl (C=O) groups excluding carboxylic acids is 1. The Kier molecular flexibility index (Phi) is 7.76. The first-order valence-electron chi connectivity index (χ1n) is 10.6. The number of benzene rings is 2. The highest BCUT2D eigenvalue weighted by Gasteiger charge is 2.34. The van der Waals surface area contributed by atoms with Gasteiger partial charge >= 0.3 is 12.4 Å². The van der Waals surface area contributed by atoms with Gasteiger partial charge in [0.2, 0.25) is 0 Å². The van der Waals surface area contributed by atoms with Gasteiger partial charge in [0.1, 0.15) is 5.82 Å². The van der Waals surface area contributed by atoms with Crippen molar-refractivity contribution in [2.24, 2.45) is 11.8 Å². The molecule has 0 saturated heterocycles. The van der Waals surface area contributed by atoms with E-state index in [1.807, 2.05) is 0 Å². The van der Waals surface area contributed by atoms with Gasteiger partial charge in [-0.25, -0.2) is 4.39 Å². The van der Waals surface area contributed by atoms with Gasteiger partial charge in [0.05, 0.1) is 16.1 Å². The lowest BCUT2D eigenvalue weighted by molar-refractivity contribution is -0.140. The molecule has 3 rings (SSSR count). The minimum Gasteiger partial charge on any atom is -0.294 e. The SMILES string of the molecule is O=C(CC1CCC(CCc2ccc(F)c(C(F)(F)F)c2)CC1)c1cc(C(F)(F)F)ccc1Cl. The lowest BCUT2D eigenvalue weighted by atomic mass is 9.77. The van der Waals surface area contributed by atoms with Gasteiger partial charge in [-0.1, -0.05) is 30.5 Å². The highest BCUT2D eigenvalue weighted by molar-refractivity contribution is 6.34. The Balaban J connectivity index is 1.52. The van der Waals surface area contributed by atoms with Gasteiger partial charge in [-0.2, -0.15) is 26.3 Å². The number of alkyl halides is 6. The van der Waals surface area contributed by atoms with Crippen molar-refractivity contribution in [3.05, 3.63) is 69.5 Å². The minimum absolute atomic E-state index is 0.0146. The summed E-state index contributed by atoms with van der Waals surface area (Å²) in [5.41, 5.74) is -1.91. The van der Waals surface area contributed by atoms with Crippen LogP contribution in [0.3, 0.4) is 0 Å². The molecule has 1 saturated carbocycles. The monoisotopic (exact) mass is 494 g/mol. The fourth-order valence-electron chi connectivity index (χ4n) is 4.33. The van der Waals surface area contributed by atoms with Crippen LogP contribution in [0.2, 0.25) is 5.02 Å². The summed E-state index contributed by atoms with van der Waals surface area (Å²) in [7, 11) is 0. The predicted octanol–water partition coefficient (Wildman–Crippen LogP) is 8.53. The second-order valence-corrected chi connectivity index (χ2v) is 8.96. The van der Waals surface area contributed by atoms with Crippen molar-refractivity contribution in [1.29, 1.82) is 0 Å². The Hall–Kier alpha value is -2.09. The summed E-state index contributed by atoms with van der Waals surface area (Å²) in [5, 5.41) is -0.0146. The number of Topliss-reactive ketones (excluding diaryl/α,β-unsaturated/α-hetero) is 1. The van der Waals surface area contributed by atoms with Gasteiger partial charge in [0.15, 0.2) is 5.78 Å². The number of rotatable bonds is 6. The molecule has 0 radical (unpaired) electrons. The van der Waals surface area contributed by atoms with Crippen LogP contribution in [0.5, 0.6) is 0 Å². The molecule has 0 heterocycles. The molecule has 2 aromatic carbocycles. The molecular weight excluding hydrogens is 473 g/mol. The summed E-state index contributed by atoms with van der Waals surface area (Å²) in [5.74, 6) is -1.45. The summed E-state index contributed by atoms with van der Waals surface area (Å²) in [6.45, 7) is 0. The third kappa shape index (κ3) is 6.71. The third-order valence-corrected chi connectivity index (χ3v) is 6.54. The number of hydrogen-bond acceptors (Lipinski definition) is 1. The normalized spacial score (nSPS) is 19.5. The fraction of sp³-hybridized carbons (Fsp3) is 0.458. The van der Waals surface area contributed by atoms with Gasteiger partial charge in [-0.15, -0.1) is 0 Å². The lowest BCUT2D eigenvalue weighted by Gasteiger charge is -2.28. The van der Waals surface area contributed by atoms with Crippen LogP contribution in [-0.4, -0.2) is 5.78 Å². The molecule has 0 atom stereocenters. The molecule has 0 bridgehead atoms. The Labute approximate surface area is 191 Å².